The van der Waals surface area contributed by atoms with E-state index in [0.29, 0.717) is 11.3 Å². The van der Waals surface area contributed by atoms with Crippen LogP contribution in [0.25, 0.3) is 0 Å². The highest BCUT2D eigenvalue weighted by Gasteiger charge is 2.08. The largest absolute Gasteiger partial charge is 0.488 e. The van der Waals surface area contributed by atoms with E-state index in [1.165, 1.54) is 0 Å². The van der Waals surface area contributed by atoms with Gasteiger partial charge >= 0.3 is 0 Å². The first kappa shape index (κ1) is 11.0. The van der Waals surface area contributed by atoms with Crippen molar-refractivity contribution in [2.45, 2.75) is 39.7 Å². The molecule has 0 aliphatic heterocycles. The van der Waals surface area contributed by atoms with Gasteiger partial charge in [-0.25, -0.2) is 4.39 Å². The zero-order valence-electron chi connectivity index (χ0n) is 9.01. The normalized spacial score (nSPS) is 12.6. The fraction of sp³-hybridized carbons (Fsp3) is 0.500. The summed E-state index contributed by atoms with van der Waals surface area (Å²) in [6.45, 7) is 5.80. The predicted molar refractivity (Wildman–Crippen MR) is 56.1 cm³/mol. The number of hydrogen-bond acceptors (Lipinski definition) is 1. The van der Waals surface area contributed by atoms with Gasteiger partial charge < -0.3 is 4.74 Å². The van der Waals surface area contributed by atoms with Crippen molar-refractivity contribution < 1.29 is 9.13 Å². The van der Waals surface area contributed by atoms with Crippen LogP contribution in [0.3, 0.4) is 0 Å². The average Bonchev–Trinajstić information content (AvgIpc) is 2.13. The molecule has 1 atom stereocenters. The highest BCUT2D eigenvalue weighted by molar-refractivity contribution is 5.30. The Hall–Kier alpha value is -1.05. The SMILES string of the molecule is CCCC(C)Oc1cccc(C)c1F. The molecule has 0 spiro atoms. The van der Waals surface area contributed by atoms with Gasteiger partial charge in [-0.15, -0.1) is 0 Å². The Balaban J connectivity index is 2.71. The fourth-order valence-corrected chi connectivity index (χ4v) is 1.39. The van der Waals surface area contributed by atoms with Crippen molar-refractivity contribution in [3.63, 3.8) is 0 Å². The van der Waals surface area contributed by atoms with Gasteiger partial charge in [0.15, 0.2) is 11.6 Å². The number of ether oxygens (including phenoxy) is 1. The van der Waals surface area contributed by atoms with Gasteiger partial charge in [0.05, 0.1) is 6.10 Å². The zero-order chi connectivity index (χ0) is 10.6. The second-order valence-corrected chi connectivity index (χ2v) is 3.60. The highest BCUT2D eigenvalue weighted by atomic mass is 19.1. The molecule has 0 amide bonds. The Labute approximate surface area is 84.9 Å². The summed E-state index contributed by atoms with van der Waals surface area (Å²) in [5.74, 6) is 0.126. The molecule has 0 saturated heterocycles. The Bertz CT molecular complexity index is 296. The van der Waals surface area contributed by atoms with E-state index in [9.17, 15) is 4.39 Å². The lowest BCUT2D eigenvalue weighted by Crippen LogP contribution is -2.12. The van der Waals surface area contributed by atoms with Gasteiger partial charge in [-0.1, -0.05) is 25.5 Å². The second kappa shape index (κ2) is 4.99. The lowest BCUT2D eigenvalue weighted by Gasteiger charge is -2.14. The lowest BCUT2D eigenvalue weighted by molar-refractivity contribution is 0.200. The molecule has 14 heavy (non-hydrogen) atoms. The Morgan fingerprint density at radius 2 is 2.14 bits per heavy atom. The van der Waals surface area contributed by atoms with Gasteiger partial charge in [-0.3, -0.25) is 0 Å². The van der Waals surface area contributed by atoms with Crippen molar-refractivity contribution in [3.8, 4) is 5.75 Å². The van der Waals surface area contributed by atoms with Crippen LogP contribution in [0.5, 0.6) is 5.75 Å². The van der Waals surface area contributed by atoms with Crippen molar-refractivity contribution in [1.29, 1.82) is 0 Å². The molecule has 2 heteroatoms. The van der Waals surface area contributed by atoms with Gasteiger partial charge in [0.1, 0.15) is 0 Å². The maximum Gasteiger partial charge on any atom is 0.167 e. The minimum absolute atomic E-state index is 0.0799. The molecule has 0 heterocycles. The molecule has 1 unspecified atom stereocenters. The third-order valence-corrected chi connectivity index (χ3v) is 2.18. The maximum atomic E-state index is 13.5. The molecule has 0 N–H and O–H groups in total. The van der Waals surface area contributed by atoms with Crippen LogP contribution >= 0.6 is 0 Å². The van der Waals surface area contributed by atoms with Crippen LogP contribution in [0, 0.1) is 12.7 Å². The Morgan fingerprint density at radius 3 is 2.79 bits per heavy atom. The van der Waals surface area contributed by atoms with Crippen molar-refractivity contribution in [2.75, 3.05) is 0 Å². The number of hydrogen-bond donors (Lipinski definition) is 0. The summed E-state index contributed by atoms with van der Waals surface area (Å²) >= 11 is 0. The van der Waals surface area contributed by atoms with E-state index >= 15 is 0 Å². The Kier molecular flexibility index (Phi) is 3.93. The van der Waals surface area contributed by atoms with E-state index in [-0.39, 0.29) is 11.9 Å². The Morgan fingerprint density at radius 1 is 1.43 bits per heavy atom. The molecule has 0 fully saturated rings. The van der Waals surface area contributed by atoms with Gasteiger partial charge in [0, 0.05) is 0 Å². The topological polar surface area (TPSA) is 9.23 Å². The van der Waals surface area contributed by atoms with Crippen LogP contribution in [0.4, 0.5) is 4.39 Å². The van der Waals surface area contributed by atoms with Crippen LogP contribution in [0.2, 0.25) is 0 Å². The molecule has 0 aromatic heterocycles. The summed E-state index contributed by atoms with van der Waals surface area (Å²) in [6.07, 6.45) is 2.08. The first-order valence-electron chi connectivity index (χ1n) is 5.07. The van der Waals surface area contributed by atoms with Gasteiger partial charge in [0.25, 0.3) is 0 Å². The molecule has 78 valence electrons. The lowest BCUT2D eigenvalue weighted by atomic mass is 10.2. The molecule has 0 aliphatic carbocycles. The smallest absolute Gasteiger partial charge is 0.167 e. The molecule has 0 bridgehead atoms. The summed E-state index contributed by atoms with van der Waals surface area (Å²) in [4.78, 5) is 0. The van der Waals surface area contributed by atoms with E-state index in [2.05, 4.69) is 6.92 Å². The van der Waals surface area contributed by atoms with Crippen LogP contribution in [-0.2, 0) is 0 Å². The summed E-state index contributed by atoms with van der Waals surface area (Å²) < 4.78 is 19.0. The van der Waals surface area contributed by atoms with E-state index in [4.69, 9.17) is 4.74 Å². The second-order valence-electron chi connectivity index (χ2n) is 3.60. The minimum Gasteiger partial charge on any atom is -0.488 e. The first-order valence-corrected chi connectivity index (χ1v) is 5.07. The first-order chi connectivity index (χ1) is 6.65. The zero-order valence-corrected chi connectivity index (χ0v) is 9.01. The molecule has 1 rings (SSSR count). The number of aryl methyl sites for hydroxylation is 1. The van der Waals surface area contributed by atoms with Gasteiger partial charge in [0.2, 0.25) is 0 Å². The fourth-order valence-electron chi connectivity index (χ4n) is 1.39. The van der Waals surface area contributed by atoms with Crippen molar-refractivity contribution in [2.24, 2.45) is 0 Å². The van der Waals surface area contributed by atoms with Crippen molar-refractivity contribution >= 4 is 0 Å². The van der Waals surface area contributed by atoms with Crippen LogP contribution in [0.15, 0.2) is 18.2 Å². The molecule has 1 nitrogen and oxygen atoms in total. The molecule has 0 aliphatic rings. The third-order valence-electron chi connectivity index (χ3n) is 2.18. The molecular formula is C12H17FO. The summed E-state index contributed by atoms with van der Waals surface area (Å²) in [5.41, 5.74) is 0.631. The van der Waals surface area contributed by atoms with Crippen LogP contribution in [-0.4, -0.2) is 6.10 Å². The van der Waals surface area contributed by atoms with Crippen molar-refractivity contribution in [1.82, 2.24) is 0 Å². The third kappa shape index (κ3) is 2.72. The molecular weight excluding hydrogens is 179 g/mol. The minimum atomic E-state index is -0.240. The summed E-state index contributed by atoms with van der Waals surface area (Å²) in [5, 5.41) is 0. The van der Waals surface area contributed by atoms with E-state index in [1.54, 1.807) is 19.1 Å². The van der Waals surface area contributed by atoms with Gasteiger partial charge in [-0.2, -0.15) is 0 Å². The average molecular weight is 196 g/mol. The number of halogens is 1. The number of rotatable bonds is 4. The van der Waals surface area contributed by atoms with Crippen molar-refractivity contribution in [3.05, 3.63) is 29.6 Å². The van der Waals surface area contributed by atoms with Crippen LogP contribution < -0.4 is 4.74 Å². The van der Waals surface area contributed by atoms with Crippen LogP contribution in [0.1, 0.15) is 32.3 Å². The quantitative estimate of drug-likeness (QED) is 0.713. The van der Waals surface area contributed by atoms with E-state index < -0.39 is 0 Å². The standard InChI is InChI=1S/C12H17FO/c1-4-6-10(3)14-11-8-5-7-9(2)12(11)13/h5,7-8,10H,4,6H2,1-3H3. The molecule has 1 aromatic rings. The van der Waals surface area contributed by atoms with E-state index in [0.717, 1.165) is 12.8 Å². The number of benzene rings is 1. The van der Waals surface area contributed by atoms with Gasteiger partial charge in [-0.05, 0) is 31.9 Å². The summed E-state index contributed by atoms with van der Waals surface area (Å²) in [6, 6.07) is 5.23. The maximum absolute atomic E-state index is 13.5. The molecule has 1 aromatic carbocycles. The highest BCUT2D eigenvalue weighted by Crippen LogP contribution is 2.21. The molecule has 0 saturated carbocycles. The van der Waals surface area contributed by atoms with E-state index in [1.807, 2.05) is 13.0 Å². The monoisotopic (exact) mass is 196 g/mol. The summed E-state index contributed by atoms with van der Waals surface area (Å²) in [7, 11) is 0. The predicted octanol–water partition coefficient (Wildman–Crippen LogP) is 3.70. The molecule has 0 radical (unpaired) electrons.